The maximum atomic E-state index is 12.5. The van der Waals surface area contributed by atoms with Gasteiger partial charge in [0.05, 0.1) is 22.0 Å². The van der Waals surface area contributed by atoms with Crippen molar-refractivity contribution < 1.29 is 9.72 Å². The smallest absolute Gasteiger partial charge is 0.288 e. The molecule has 0 atom stereocenters. The first-order valence-corrected chi connectivity index (χ1v) is 9.12. The minimum absolute atomic E-state index is 0.0160. The van der Waals surface area contributed by atoms with Crippen molar-refractivity contribution in [2.24, 2.45) is 5.10 Å². The summed E-state index contributed by atoms with van der Waals surface area (Å²) >= 11 is 5.76. The van der Waals surface area contributed by atoms with Gasteiger partial charge >= 0.3 is 0 Å². The van der Waals surface area contributed by atoms with Crippen molar-refractivity contribution in [1.82, 2.24) is 15.0 Å². The van der Waals surface area contributed by atoms with Crippen LogP contribution < -0.4 is 11.0 Å². The van der Waals surface area contributed by atoms with E-state index in [1.165, 1.54) is 24.4 Å². The quantitative estimate of drug-likeness (QED) is 0.402. The summed E-state index contributed by atoms with van der Waals surface area (Å²) < 4.78 is 1.66. The van der Waals surface area contributed by atoms with Gasteiger partial charge in [-0.25, -0.2) is 10.4 Å². The average molecular weight is 412 g/mol. The number of aromatic nitrogens is 2. The van der Waals surface area contributed by atoms with E-state index in [0.29, 0.717) is 28.6 Å². The number of hydrogen-bond donors (Lipinski definition) is 1. The van der Waals surface area contributed by atoms with Gasteiger partial charge in [0.25, 0.3) is 17.2 Å². The summed E-state index contributed by atoms with van der Waals surface area (Å²) in [5.41, 5.74) is 3.18. The van der Waals surface area contributed by atoms with Crippen molar-refractivity contribution >= 4 is 40.3 Å². The van der Waals surface area contributed by atoms with Crippen LogP contribution in [0.5, 0.6) is 0 Å². The van der Waals surface area contributed by atoms with Gasteiger partial charge < -0.3 is 0 Å². The number of halogens is 1. The fraction of sp³-hybridized carbons (Fsp3) is 0.158. The summed E-state index contributed by atoms with van der Waals surface area (Å²) in [4.78, 5) is 39.6. The minimum Gasteiger partial charge on any atom is -0.296 e. The van der Waals surface area contributed by atoms with E-state index in [1.54, 1.807) is 22.8 Å². The van der Waals surface area contributed by atoms with E-state index in [4.69, 9.17) is 11.6 Å². The van der Waals surface area contributed by atoms with Crippen LogP contribution in [-0.4, -0.2) is 26.6 Å². The Morgan fingerprint density at radius 3 is 2.93 bits per heavy atom. The first kappa shape index (κ1) is 18.8. The predicted molar refractivity (Wildman–Crippen MR) is 107 cm³/mol. The van der Waals surface area contributed by atoms with Gasteiger partial charge in [-0.05, 0) is 30.7 Å². The maximum absolute atomic E-state index is 12.5. The fourth-order valence-electron chi connectivity index (χ4n) is 3.20. The summed E-state index contributed by atoms with van der Waals surface area (Å²) in [6.45, 7) is 0.664. The van der Waals surface area contributed by atoms with Crippen LogP contribution >= 0.6 is 11.6 Å². The molecule has 1 amide bonds. The molecule has 0 fully saturated rings. The Morgan fingerprint density at radius 2 is 2.14 bits per heavy atom. The Balaban J connectivity index is 1.54. The first-order valence-electron chi connectivity index (χ1n) is 8.75. The number of rotatable bonds is 4. The van der Waals surface area contributed by atoms with Crippen molar-refractivity contribution in [2.75, 3.05) is 0 Å². The molecule has 1 aliphatic heterocycles. The molecule has 0 unspecified atom stereocenters. The zero-order chi connectivity index (χ0) is 20.5. The number of aryl methyl sites for hydroxylation is 1. The lowest BCUT2D eigenvalue weighted by molar-refractivity contribution is -0.384. The molecule has 1 aliphatic rings. The second-order valence-electron chi connectivity index (χ2n) is 6.49. The molecule has 1 aromatic heterocycles. The second kappa shape index (κ2) is 7.44. The van der Waals surface area contributed by atoms with Gasteiger partial charge in [-0.15, -0.1) is 0 Å². The van der Waals surface area contributed by atoms with Crippen LogP contribution in [0.4, 0.5) is 5.69 Å². The van der Waals surface area contributed by atoms with E-state index in [2.05, 4.69) is 15.5 Å². The third-order valence-corrected chi connectivity index (χ3v) is 4.94. The van der Waals surface area contributed by atoms with Gasteiger partial charge in [-0.3, -0.25) is 24.3 Å². The summed E-state index contributed by atoms with van der Waals surface area (Å²) in [6, 6.07) is 8.84. The van der Waals surface area contributed by atoms with Gasteiger partial charge in [0.15, 0.2) is 0 Å². The first-order chi connectivity index (χ1) is 13.9. The summed E-state index contributed by atoms with van der Waals surface area (Å²) in [5, 5.41) is 15.2. The lowest BCUT2D eigenvalue weighted by atomic mass is 10.1. The molecule has 29 heavy (non-hydrogen) atoms. The van der Waals surface area contributed by atoms with Crippen molar-refractivity contribution in [1.29, 1.82) is 0 Å². The van der Waals surface area contributed by atoms with Crippen LogP contribution in [0.3, 0.4) is 0 Å². The van der Waals surface area contributed by atoms with Crippen LogP contribution in [0, 0.1) is 10.1 Å². The molecule has 9 nitrogen and oxygen atoms in total. The molecule has 0 aliphatic carbocycles. The predicted octanol–water partition coefficient (Wildman–Crippen LogP) is 2.67. The monoisotopic (exact) mass is 411 g/mol. The Labute approximate surface area is 168 Å². The van der Waals surface area contributed by atoms with Crippen LogP contribution in [-0.2, 0) is 13.0 Å². The number of fused-ring (bicyclic) bond motifs is 2. The molecule has 0 saturated heterocycles. The highest BCUT2D eigenvalue weighted by atomic mass is 35.5. The molecule has 0 saturated carbocycles. The average Bonchev–Trinajstić information content (AvgIpc) is 3.17. The van der Waals surface area contributed by atoms with Crippen LogP contribution in [0.1, 0.15) is 28.2 Å². The Morgan fingerprint density at radius 1 is 1.31 bits per heavy atom. The van der Waals surface area contributed by atoms with Crippen LogP contribution in [0.2, 0.25) is 5.02 Å². The number of hydrogen-bond acceptors (Lipinski definition) is 6. The molecule has 146 valence electrons. The third kappa shape index (κ3) is 3.59. The van der Waals surface area contributed by atoms with E-state index >= 15 is 0 Å². The largest absolute Gasteiger partial charge is 0.296 e. The number of benzene rings is 2. The van der Waals surface area contributed by atoms with Crippen molar-refractivity contribution in [3.8, 4) is 0 Å². The molecule has 2 aromatic carbocycles. The molecular weight excluding hydrogens is 398 g/mol. The molecule has 0 radical (unpaired) electrons. The topological polar surface area (TPSA) is 119 Å². The van der Waals surface area contributed by atoms with E-state index in [9.17, 15) is 19.7 Å². The van der Waals surface area contributed by atoms with Gasteiger partial charge in [-0.1, -0.05) is 17.7 Å². The maximum Gasteiger partial charge on any atom is 0.288 e. The Kier molecular flexibility index (Phi) is 4.81. The van der Waals surface area contributed by atoms with Gasteiger partial charge in [0.2, 0.25) is 0 Å². The number of carbonyl (C=O) groups is 1. The highest BCUT2D eigenvalue weighted by molar-refractivity contribution is 6.32. The summed E-state index contributed by atoms with van der Waals surface area (Å²) in [5.74, 6) is 0.233. The van der Waals surface area contributed by atoms with Crippen molar-refractivity contribution in [3.05, 3.63) is 78.8 Å². The normalized spacial score (nSPS) is 13.0. The molecule has 3 aromatic rings. The Hall–Kier alpha value is -3.59. The van der Waals surface area contributed by atoms with Crippen LogP contribution in [0.25, 0.3) is 10.9 Å². The molecule has 4 rings (SSSR count). The summed E-state index contributed by atoms with van der Waals surface area (Å²) in [7, 11) is 0. The van der Waals surface area contributed by atoms with E-state index < -0.39 is 10.8 Å². The molecule has 0 bridgehead atoms. The minimum atomic E-state index is -0.598. The Bertz CT molecular complexity index is 1250. The standard InChI is InChI=1S/C19H14ClN5O4/c20-14-6-3-11(8-16(14)25(28)29)10-21-23-18(26)12-4-5-13-15(9-12)22-17-2-1-7-24(17)19(13)27/h3-6,8-10H,1-2,7H2,(H,23,26)/b21-10-. The van der Waals surface area contributed by atoms with E-state index in [-0.39, 0.29) is 16.3 Å². The summed E-state index contributed by atoms with van der Waals surface area (Å²) in [6.07, 6.45) is 2.89. The van der Waals surface area contributed by atoms with E-state index in [1.807, 2.05) is 0 Å². The van der Waals surface area contributed by atoms with Gasteiger partial charge in [0.1, 0.15) is 10.8 Å². The highest BCUT2D eigenvalue weighted by Gasteiger charge is 2.17. The SMILES string of the molecule is O=C(N/N=C\c1ccc(Cl)c([N+](=O)[O-])c1)c1ccc2c(=O)n3c(nc2c1)CCC3. The lowest BCUT2D eigenvalue weighted by Gasteiger charge is -2.06. The molecular formula is C19H14ClN5O4. The fourth-order valence-corrected chi connectivity index (χ4v) is 3.39. The number of nitrogens with one attached hydrogen (secondary N) is 1. The number of nitrogens with zero attached hydrogens (tertiary/aromatic N) is 4. The number of nitro benzene ring substituents is 1. The second-order valence-corrected chi connectivity index (χ2v) is 6.89. The van der Waals surface area contributed by atoms with Crippen molar-refractivity contribution in [3.63, 3.8) is 0 Å². The molecule has 0 spiro atoms. The molecule has 1 N–H and O–H groups in total. The molecule has 2 heterocycles. The van der Waals surface area contributed by atoms with Gasteiger partial charge in [0, 0.05) is 30.2 Å². The zero-order valence-corrected chi connectivity index (χ0v) is 15.7. The van der Waals surface area contributed by atoms with E-state index in [0.717, 1.165) is 18.7 Å². The lowest BCUT2D eigenvalue weighted by Crippen LogP contribution is -2.22. The van der Waals surface area contributed by atoms with Crippen molar-refractivity contribution in [2.45, 2.75) is 19.4 Å². The number of hydrazone groups is 1. The zero-order valence-electron chi connectivity index (χ0n) is 15.0. The van der Waals surface area contributed by atoms with Crippen LogP contribution in [0.15, 0.2) is 46.3 Å². The third-order valence-electron chi connectivity index (χ3n) is 4.63. The number of carbonyl (C=O) groups excluding carboxylic acids is 1. The van der Waals surface area contributed by atoms with Gasteiger partial charge in [-0.2, -0.15) is 5.10 Å². The highest BCUT2D eigenvalue weighted by Crippen LogP contribution is 2.24. The number of amides is 1. The number of nitro groups is 1. The molecule has 10 heteroatoms.